The fourth-order valence-corrected chi connectivity index (χ4v) is 3.16. The van der Waals surface area contributed by atoms with Crippen LogP contribution in [0.2, 0.25) is 0 Å². The number of likely N-dealkylation sites (N-methyl/N-ethyl adjacent to an activating group) is 1. The van der Waals surface area contributed by atoms with Gasteiger partial charge in [0.15, 0.2) is 0 Å². The van der Waals surface area contributed by atoms with Crippen LogP contribution in [0.1, 0.15) is 25.0 Å². The van der Waals surface area contributed by atoms with E-state index in [0.717, 1.165) is 10.0 Å². The van der Waals surface area contributed by atoms with Gasteiger partial charge in [-0.25, -0.2) is 4.39 Å². The molecule has 0 spiro atoms. The smallest absolute Gasteiger partial charge is 0.245 e. The van der Waals surface area contributed by atoms with Crippen LogP contribution in [0.5, 0.6) is 0 Å². The molecule has 1 unspecified atom stereocenters. The van der Waals surface area contributed by atoms with Crippen molar-refractivity contribution >= 4 is 27.7 Å². The minimum absolute atomic E-state index is 0.0907. The van der Waals surface area contributed by atoms with E-state index in [1.807, 2.05) is 44.2 Å². The van der Waals surface area contributed by atoms with Gasteiger partial charge in [-0.1, -0.05) is 60.1 Å². The first-order valence-corrected chi connectivity index (χ1v) is 9.59. The number of nitrogens with one attached hydrogen (secondary N) is 1. The summed E-state index contributed by atoms with van der Waals surface area (Å²) in [6.07, 6.45) is 0.210. The van der Waals surface area contributed by atoms with Gasteiger partial charge in [-0.05, 0) is 29.7 Å². The molecule has 0 aliphatic rings. The lowest BCUT2D eigenvalue weighted by Crippen LogP contribution is -2.50. The van der Waals surface area contributed by atoms with Crippen LogP contribution in [0.3, 0.4) is 0 Å². The molecule has 2 aromatic rings. The first-order valence-electron chi connectivity index (χ1n) is 8.80. The van der Waals surface area contributed by atoms with Crippen molar-refractivity contribution in [2.75, 3.05) is 7.05 Å². The van der Waals surface area contributed by atoms with Gasteiger partial charge in [-0.15, -0.1) is 0 Å². The number of halogens is 2. The van der Waals surface area contributed by atoms with Crippen molar-refractivity contribution in [2.45, 2.75) is 32.9 Å². The average molecular weight is 435 g/mol. The van der Waals surface area contributed by atoms with E-state index in [4.69, 9.17) is 0 Å². The van der Waals surface area contributed by atoms with Gasteiger partial charge in [-0.3, -0.25) is 9.59 Å². The zero-order valence-corrected chi connectivity index (χ0v) is 17.3. The minimum Gasteiger partial charge on any atom is -0.344 e. The topological polar surface area (TPSA) is 49.4 Å². The standard InChI is InChI=1S/C21H24BrFN2O2/c1-14(2)20(24-19(26)11-15-7-5-4-6-8-15)21(27)25(3)13-16-12-17(22)9-10-18(16)23/h4-10,12,14,20H,11,13H2,1-3H3,(H,24,26). The molecule has 4 nitrogen and oxygen atoms in total. The summed E-state index contributed by atoms with van der Waals surface area (Å²) in [6, 6.07) is 13.3. The molecular formula is C21H24BrFN2O2. The number of hydrogen-bond acceptors (Lipinski definition) is 2. The predicted octanol–water partition coefficient (Wildman–Crippen LogP) is 3.93. The summed E-state index contributed by atoms with van der Waals surface area (Å²) in [5.74, 6) is -0.917. The Balaban J connectivity index is 2.05. The molecule has 27 heavy (non-hydrogen) atoms. The maximum atomic E-state index is 14.0. The molecule has 0 heterocycles. The van der Waals surface area contributed by atoms with E-state index < -0.39 is 6.04 Å². The third-order valence-corrected chi connectivity index (χ3v) is 4.74. The molecule has 1 atom stereocenters. The molecule has 2 rings (SSSR count). The van der Waals surface area contributed by atoms with Gasteiger partial charge >= 0.3 is 0 Å². The van der Waals surface area contributed by atoms with E-state index in [-0.39, 0.29) is 36.5 Å². The normalized spacial score (nSPS) is 11.9. The lowest BCUT2D eigenvalue weighted by molar-refractivity contribution is -0.137. The van der Waals surface area contributed by atoms with Crippen molar-refractivity contribution in [1.29, 1.82) is 0 Å². The van der Waals surface area contributed by atoms with Crippen molar-refractivity contribution in [3.63, 3.8) is 0 Å². The van der Waals surface area contributed by atoms with Gasteiger partial charge < -0.3 is 10.2 Å². The second-order valence-corrected chi connectivity index (χ2v) is 7.80. The molecular weight excluding hydrogens is 411 g/mol. The van der Waals surface area contributed by atoms with Crippen LogP contribution in [-0.4, -0.2) is 29.8 Å². The molecule has 0 fully saturated rings. The Morgan fingerprint density at radius 1 is 1.15 bits per heavy atom. The van der Waals surface area contributed by atoms with Crippen molar-refractivity contribution < 1.29 is 14.0 Å². The van der Waals surface area contributed by atoms with Gasteiger partial charge in [-0.2, -0.15) is 0 Å². The summed E-state index contributed by atoms with van der Waals surface area (Å²) in [7, 11) is 1.61. The van der Waals surface area contributed by atoms with Gasteiger partial charge in [0, 0.05) is 23.6 Å². The highest BCUT2D eigenvalue weighted by atomic mass is 79.9. The van der Waals surface area contributed by atoms with E-state index in [9.17, 15) is 14.0 Å². The molecule has 1 N–H and O–H groups in total. The first-order chi connectivity index (χ1) is 12.8. The molecule has 6 heteroatoms. The third kappa shape index (κ3) is 6.17. The van der Waals surface area contributed by atoms with Crippen LogP contribution in [-0.2, 0) is 22.6 Å². The fourth-order valence-electron chi connectivity index (χ4n) is 2.75. The fraction of sp³-hybridized carbons (Fsp3) is 0.333. The Bertz CT molecular complexity index is 796. The van der Waals surface area contributed by atoms with Crippen LogP contribution in [0.15, 0.2) is 53.0 Å². The Morgan fingerprint density at radius 3 is 2.44 bits per heavy atom. The molecule has 0 aliphatic heterocycles. The van der Waals surface area contributed by atoms with Crippen LogP contribution in [0.4, 0.5) is 4.39 Å². The number of benzene rings is 2. The number of amides is 2. The van der Waals surface area contributed by atoms with Crippen molar-refractivity contribution in [1.82, 2.24) is 10.2 Å². The van der Waals surface area contributed by atoms with Crippen molar-refractivity contribution in [2.24, 2.45) is 5.92 Å². The number of carbonyl (C=O) groups is 2. The highest BCUT2D eigenvalue weighted by Gasteiger charge is 2.27. The van der Waals surface area contributed by atoms with Gasteiger partial charge in [0.2, 0.25) is 11.8 Å². The number of carbonyl (C=O) groups excluding carboxylic acids is 2. The molecule has 0 saturated carbocycles. The van der Waals surface area contributed by atoms with Crippen molar-refractivity contribution in [3.8, 4) is 0 Å². The van der Waals surface area contributed by atoms with E-state index >= 15 is 0 Å². The molecule has 0 saturated heterocycles. The predicted molar refractivity (Wildman–Crippen MR) is 107 cm³/mol. The Kier molecular flexibility index (Phi) is 7.54. The summed E-state index contributed by atoms with van der Waals surface area (Å²) in [5.41, 5.74) is 1.30. The second-order valence-electron chi connectivity index (χ2n) is 6.88. The lowest BCUT2D eigenvalue weighted by Gasteiger charge is -2.27. The summed E-state index contributed by atoms with van der Waals surface area (Å²) < 4.78 is 14.7. The molecule has 2 amide bonds. The molecule has 0 aliphatic carbocycles. The van der Waals surface area contributed by atoms with Gasteiger partial charge in [0.05, 0.1) is 6.42 Å². The molecule has 144 valence electrons. The number of hydrogen-bond donors (Lipinski definition) is 1. The molecule has 0 bridgehead atoms. The van der Waals surface area contributed by atoms with E-state index in [0.29, 0.717) is 5.56 Å². The third-order valence-electron chi connectivity index (χ3n) is 4.25. The summed E-state index contributed by atoms with van der Waals surface area (Å²) >= 11 is 3.31. The number of rotatable bonds is 7. The van der Waals surface area contributed by atoms with Gasteiger partial charge in [0.1, 0.15) is 11.9 Å². The monoisotopic (exact) mass is 434 g/mol. The van der Waals surface area contributed by atoms with Gasteiger partial charge in [0.25, 0.3) is 0 Å². The maximum Gasteiger partial charge on any atom is 0.245 e. The lowest BCUT2D eigenvalue weighted by atomic mass is 10.0. The van der Waals surface area contributed by atoms with Crippen molar-refractivity contribution in [3.05, 3.63) is 69.9 Å². The highest BCUT2D eigenvalue weighted by Crippen LogP contribution is 2.18. The van der Waals surface area contributed by atoms with E-state index in [2.05, 4.69) is 21.2 Å². The zero-order chi connectivity index (χ0) is 20.0. The maximum absolute atomic E-state index is 14.0. The Morgan fingerprint density at radius 2 is 1.81 bits per heavy atom. The SMILES string of the molecule is CC(C)C(NC(=O)Cc1ccccc1)C(=O)N(C)Cc1cc(Br)ccc1F. The summed E-state index contributed by atoms with van der Waals surface area (Å²) in [6.45, 7) is 3.87. The summed E-state index contributed by atoms with van der Waals surface area (Å²) in [5, 5.41) is 2.82. The van der Waals surface area contributed by atoms with Crippen LogP contribution in [0, 0.1) is 11.7 Å². The Hall–Kier alpha value is -2.21. The average Bonchev–Trinajstić information content (AvgIpc) is 2.62. The minimum atomic E-state index is -0.665. The highest BCUT2D eigenvalue weighted by molar-refractivity contribution is 9.10. The second kappa shape index (κ2) is 9.65. The van der Waals surface area contributed by atoms with E-state index in [1.54, 1.807) is 19.2 Å². The van der Waals surface area contributed by atoms with Crippen LogP contribution in [0.25, 0.3) is 0 Å². The first kappa shape index (κ1) is 21.1. The zero-order valence-electron chi connectivity index (χ0n) is 15.7. The molecule has 0 radical (unpaired) electrons. The number of nitrogens with zero attached hydrogens (tertiary/aromatic N) is 1. The van der Waals surface area contributed by atoms with Crippen LogP contribution >= 0.6 is 15.9 Å². The van der Waals surface area contributed by atoms with Crippen LogP contribution < -0.4 is 5.32 Å². The molecule has 2 aromatic carbocycles. The molecule has 0 aromatic heterocycles. The summed E-state index contributed by atoms with van der Waals surface area (Å²) in [4.78, 5) is 26.7. The van der Waals surface area contributed by atoms with E-state index in [1.165, 1.54) is 11.0 Å². The quantitative estimate of drug-likeness (QED) is 0.717. The largest absolute Gasteiger partial charge is 0.344 e. The Labute approximate surface area is 167 Å².